The van der Waals surface area contributed by atoms with Crippen molar-refractivity contribution in [1.82, 2.24) is 0 Å². The van der Waals surface area contributed by atoms with E-state index in [-0.39, 0.29) is 102 Å². The zero-order valence-electron chi connectivity index (χ0n) is 66.0. The molecule has 1 saturated carbocycles. The van der Waals surface area contributed by atoms with Crippen LogP contribution in [0.1, 0.15) is 241 Å². The summed E-state index contributed by atoms with van der Waals surface area (Å²) in [5.74, 6) is -3.66. The summed E-state index contributed by atoms with van der Waals surface area (Å²) in [6.07, 6.45) is 11.0. The number of ether oxygens (including phenoxy) is 4. The first-order valence-corrected chi connectivity index (χ1v) is 43.0. The number of carbonyl (C=O) groups is 7. The number of halogens is 10. The number of allylic oxidation sites excluding steroid dienone is 7. The first-order chi connectivity index (χ1) is 48.3. The Bertz CT molecular complexity index is 3440. The maximum atomic E-state index is 12.7. The number of Topliss-reactive ketones (excluding diaryl/α,β-unsaturated/α-hetero) is 3. The SMILES string of the molecule is CC(C)=CCBr.CC1(C)CCCC(OS(=O)(=O)C(F)(F)F)=C1CO.CC1(C)CCCC(OS(=O)(=O)C(F)(F)F)=C1CO[Si](C)(C)C(C)(C)C.CCOC(=O)C1=C(OS(=O)(=O)C(F)(F)F)CCCC1(C)C.CCOC(=O)C1C(=O)CCCC1(C)C.CCOC(=O)CC(=O)CCC=C(C)C.CCOC(=O)CC(C)=O. The van der Waals surface area contributed by atoms with Gasteiger partial charge in [0.25, 0.3) is 0 Å². The standard InChI is InChI=1S/C16H29F3O4SSi.C12H17F3O5S.2C11H18O3.C10H15F3O4S.C6H10O3.C5H9Br/c1-14(2,3)25(6,7)22-11-12-13(9-8-10-15(12,4)5)23-24(20,21)16(17,18)19;1-4-19-10(16)9-8(6-5-7-11(9,2)3)20-21(17,18)12(13,14)15;1-4-14-10(13)9-8(12)6-5-7-11(9,2)3;1-4-14-11(13)8-10(12)7-5-6-9(2)3;1-9(2)5-3-4-8(7(9)6-14)17-18(15,16)10(11,12)13;1-3-9-6(8)4-5(2)7;1-5(2)3-4-6/h8-11H2,1-7H3;4-7H2,1-3H3;9H,4-7H2,1-3H3;6H,4-5,7-8H2,1-3H3;14H,3-6H2,1-2H3;3-4H2,1-2H3;3H,4H2,1-2H3. The van der Waals surface area contributed by atoms with Crippen LogP contribution in [0.4, 0.5) is 39.5 Å². The van der Waals surface area contributed by atoms with Crippen LogP contribution in [0.2, 0.25) is 18.1 Å². The van der Waals surface area contributed by atoms with Crippen LogP contribution in [0.3, 0.4) is 0 Å². The number of rotatable bonds is 24. The zero-order valence-corrected chi connectivity index (χ0v) is 71.1. The minimum Gasteiger partial charge on any atom is -0.466 e. The Morgan fingerprint density at radius 1 is 0.542 bits per heavy atom. The molecule has 1 N–H and O–H groups in total. The summed E-state index contributed by atoms with van der Waals surface area (Å²) in [7, 11) is -19.3. The van der Waals surface area contributed by atoms with Crippen molar-refractivity contribution < 1.29 is 139 Å². The van der Waals surface area contributed by atoms with Gasteiger partial charge in [0.05, 0.1) is 45.2 Å². The van der Waals surface area contributed by atoms with Gasteiger partial charge in [-0.3, -0.25) is 28.8 Å². The minimum atomic E-state index is -5.79. The Balaban J connectivity index is -0.00000122. The summed E-state index contributed by atoms with van der Waals surface area (Å²) in [6.45, 7) is 41.5. The van der Waals surface area contributed by atoms with Crippen molar-refractivity contribution in [2.45, 2.75) is 276 Å². The predicted molar refractivity (Wildman–Crippen MR) is 392 cm³/mol. The van der Waals surface area contributed by atoms with E-state index in [9.17, 15) is 103 Å². The fourth-order valence-electron chi connectivity index (χ4n) is 10.2. The van der Waals surface area contributed by atoms with Crippen LogP contribution in [-0.4, -0.2) is 141 Å². The highest BCUT2D eigenvalue weighted by Crippen LogP contribution is 2.47. The molecule has 0 saturated heterocycles. The molecule has 0 amide bonds. The fraction of sp³-hybridized carbons (Fsp3) is 0.761. The van der Waals surface area contributed by atoms with Gasteiger partial charge in [0.1, 0.15) is 53.4 Å². The van der Waals surface area contributed by atoms with E-state index in [1.54, 1.807) is 55.4 Å². The summed E-state index contributed by atoms with van der Waals surface area (Å²) in [5, 5.41) is 10.1. The van der Waals surface area contributed by atoms with Crippen molar-refractivity contribution in [1.29, 1.82) is 0 Å². The molecular formula is C71H116BrF9O22S3Si. The van der Waals surface area contributed by atoms with Crippen LogP contribution in [0.15, 0.2) is 57.3 Å². The Hall–Kier alpha value is -5.17. The van der Waals surface area contributed by atoms with Crippen molar-refractivity contribution in [2.24, 2.45) is 27.6 Å². The highest BCUT2D eigenvalue weighted by Gasteiger charge is 2.53. The normalized spacial score (nSPS) is 17.8. The lowest BCUT2D eigenvalue weighted by Crippen LogP contribution is -2.42. The smallest absolute Gasteiger partial charge is 0.466 e. The molecule has 0 radical (unpaired) electrons. The molecule has 0 bridgehead atoms. The lowest BCUT2D eigenvalue weighted by Gasteiger charge is -2.40. The van der Waals surface area contributed by atoms with Gasteiger partial charge in [-0.25, -0.2) is 4.79 Å². The van der Waals surface area contributed by atoms with Crippen molar-refractivity contribution in [3.8, 4) is 0 Å². The molecule has 4 aliphatic carbocycles. The highest BCUT2D eigenvalue weighted by molar-refractivity contribution is 9.09. The Labute approximate surface area is 637 Å². The van der Waals surface area contributed by atoms with Crippen LogP contribution in [0.25, 0.3) is 0 Å². The van der Waals surface area contributed by atoms with Gasteiger partial charge >= 0.3 is 70.8 Å². The third-order valence-corrected chi connectivity index (χ3v) is 24.8. The van der Waals surface area contributed by atoms with E-state index >= 15 is 0 Å². The second-order valence-corrected chi connectivity index (χ2v) is 39.7. The molecule has 0 aliphatic heterocycles. The molecule has 4 aliphatic rings. The molecular weight excluding hydrogens is 1580 g/mol. The predicted octanol–water partition coefficient (Wildman–Crippen LogP) is 17.6. The molecule has 22 nitrogen and oxygen atoms in total. The summed E-state index contributed by atoms with van der Waals surface area (Å²) < 4.78 is 217. The molecule has 36 heteroatoms. The van der Waals surface area contributed by atoms with Gasteiger partial charge in [-0.2, -0.15) is 64.8 Å². The number of aliphatic hydroxyl groups excluding tert-OH is 1. The molecule has 0 aromatic rings. The number of aliphatic hydroxyl groups is 1. The number of ketones is 3. The van der Waals surface area contributed by atoms with Gasteiger partial charge in [0.2, 0.25) is 0 Å². The van der Waals surface area contributed by atoms with Crippen LogP contribution in [0, 0.1) is 27.6 Å². The highest BCUT2D eigenvalue weighted by atomic mass is 79.9. The number of hydrogen-bond donors (Lipinski definition) is 1. The third-order valence-electron chi connectivity index (χ3n) is 17.1. The maximum Gasteiger partial charge on any atom is 0.534 e. The summed E-state index contributed by atoms with van der Waals surface area (Å²) in [4.78, 5) is 77.8. The molecule has 624 valence electrons. The van der Waals surface area contributed by atoms with Crippen molar-refractivity contribution >= 4 is 95.8 Å². The summed E-state index contributed by atoms with van der Waals surface area (Å²) >= 11 is 3.27. The van der Waals surface area contributed by atoms with Gasteiger partial charge < -0.3 is 41.0 Å². The third kappa shape index (κ3) is 39.0. The fourth-order valence-corrected chi connectivity index (χ4v) is 13.4. The first-order valence-electron chi connectivity index (χ1n) is 34.8. The number of hydrogen-bond acceptors (Lipinski definition) is 22. The summed E-state index contributed by atoms with van der Waals surface area (Å²) in [5.41, 5.74) is -15.4. The number of carbonyl (C=O) groups excluding carboxylic acids is 7. The Morgan fingerprint density at radius 3 is 1.27 bits per heavy atom. The molecule has 107 heavy (non-hydrogen) atoms. The molecule has 1 unspecified atom stereocenters. The van der Waals surface area contributed by atoms with E-state index in [1.165, 1.54) is 18.1 Å². The van der Waals surface area contributed by atoms with E-state index in [0.717, 1.165) is 24.6 Å². The minimum absolute atomic E-state index is 0.0255. The van der Waals surface area contributed by atoms with Crippen molar-refractivity contribution in [3.63, 3.8) is 0 Å². The van der Waals surface area contributed by atoms with E-state index in [2.05, 4.69) is 78.6 Å². The topological polar surface area (TPSA) is 316 Å². The number of esters is 4. The molecule has 0 heterocycles. The van der Waals surface area contributed by atoms with E-state index in [4.69, 9.17) is 13.9 Å². The average Bonchev–Trinajstić information content (AvgIpc) is 0.795. The summed E-state index contributed by atoms with van der Waals surface area (Å²) in [6, 6.07) is 0. The molecule has 4 rings (SSSR count). The molecule has 0 aromatic heterocycles. The van der Waals surface area contributed by atoms with Gasteiger partial charge in [-0.15, -0.1) is 0 Å². The second-order valence-electron chi connectivity index (χ2n) is 29.6. The zero-order chi connectivity index (χ0) is 84.6. The van der Waals surface area contributed by atoms with Crippen LogP contribution >= 0.6 is 15.9 Å². The quantitative estimate of drug-likeness (QED) is 0.0108. The van der Waals surface area contributed by atoms with Gasteiger partial charge in [0.15, 0.2) is 8.32 Å². The van der Waals surface area contributed by atoms with E-state index < -0.39 is 108 Å². The monoisotopic (exact) mass is 1690 g/mol. The Morgan fingerprint density at radius 2 is 0.916 bits per heavy atom. The van der Waals surface area contributed by atoms with Crippen LogP contribution in [0.5, 0.6) is 0 Å². The van der Waals surface area contributed by atoms with Crippen LogP contribution in [-0.2, 0) is 99.8 Å². The molecule has 1 atom stereocenters. The van der Waals surface area contributed by atoms with Crippen molar-refractivity contribution in [3.05, 3.63) is 57.3 Å². The van der Waals surface area contributed by atoms with E-state index in [1.807, 2.05) is 60.7 Å². The first kappa shape index (κ1) is 106. The maximum absolute atomic E-state index is 12.7. The van der Waals surface area contributed by atoms with Gasteiger partial charge in [-0.1, -0.05) is 115 Å². The van der Waals surface area contributed by atoms with Crippen molar-refractivity contribution in [2.75, 3.05) is 45.0 Å². The Kier molecular flexibility index (Phi) is 45.5. The van der Waals surface area contributed by atoms with Crippen LogP contribution < -0.4 is 0 Å². The average molecular weight is 1700 g/mol. The molecule has 1 fully saturated rings. The lowest BCUT2D eigenvalue weighted by molar-refractivity contribution is -0.158. The van der Waals surface area contributed by atoms with Gasteiger partial charge in [-0.05, 0) is 160 Å². The number of alkyl halides is 10. The molecule has 0 spiro atoms. The molecule has 0 aromatic carbocycles. The largest absolute Gasteiger partial charge is 0.534 e. The lowest BCUT2D eigenvalue weighted by atomic mass is 9.68. The van der Waals surface area contributed by atoms with E-state index in [0.29, 0.717) is 76.8 Å². The second kappa shape index (κ2) is 46.0. The van der Waals surface area contributed by atoms with Gasteiger partial charge in [0, 0.05) is 48.4 Å².